The average Bonchev–Trinajstić information content (AvgIpc) is 3.00. The van der Waals surface area contributed by atoms with E-state index in [1.165, 1.54) is 0 Å². The Morgan fingerprint density at radius 3 is 2.69 bits per heavy atom. The van der Waals surface area contributed by atoms with Crippen molar-refractivity contribution in [2.24, 2.45) is 5.10 Å². The molecule has 0 aliphatic carbocycles. The van der Waals surface area contributed by atoms with Crippen LogP contribution < -0.4 is 4.74 Å². The number of hydrogen-bond acceptors (Lipinski definition) is 4. The lowest BCUT2D eigenvalue weighted by atomic mass is 10.2. The number of aryl methyl sites for hydroxylation is 1. The van der Waals surface area contributed by atoms with Gasteiger partial charge in [0.25, 0.3) is 0 Å². The Labute approximate surface area is 166 Å². The lowest BCUT2D eigenvalue weighted by molar-refractivity contribution is 0.306. The zero-order chi connectivity index (χ0) is 18.5. The average molecular weight is 407 g/mol. The third kappa shape index (κ3) is 4.52. The number of nitrogens with zero attached hydrogens (tertiary/aromatic N) is 3. The number of hydrogen-bond donors (Lipinski definition) is 1. The van der Waals surface area contributed by atoms with Gasteiger partial charge >= 0.3 is 0 Å². The summed E-state index contributed by atoms with van der Waals surface area (Å²) in [5.41, 5.74) is 1.80. The molecule has 0 fully saturated rings. The molecule has 0 spiro atoms. The van der Waals surface area contributed by atoms with Gasteiger partial charge in [0, 0.05) is 22.0 Å². The lowest BCUT2D eigenvalue weighted by Gasteiger charge is -2.08. The van der Waals surface area contributed by atoms with E-state index >= 15 is 0 Å². The van der Waals surface area contributed by atoms with Crippen LogP contribution in [0.5, 0.6) is 5.75 Å². The highest BCUT2D eigenvalue weighted by Crippen LogP contribution is 2.22. The maximum absolute atomic E-state index is 6.15. The molecule has 0 saturated carbocycles. The summed E-state index contributed by atoms with van der Waals surface area (Å²) in [5.74, 6) is 1.52. The molecule has 2 aromatic carbocycles. The van der Waals surface area contributed by atoms with Crippen molar-refractivity contribution >= 4 is 41.6 Å². The molecule has 134 valence electrons. The summed E-state index contributed by atoms with van der Waals surface area (Å²) in [6, 6.07) is 12.9. The molecule has 1 aromatic heterocycles. The zero-order valence-electron chi connectivity index (χ0n) is 13.9. The molecule has 8 heteroatoms. The van der Waals surface area contributed by atoms with E-state index in [-0.39, 0.29) is 0 Å². The first-order valence-corrected chi connectivity index (χ1v) is 9.10. The van der Waals surface area contributed by atoms with Crippen LogP contribution >= 0.6 is 35.4 Å². The van der Waals surface area contributed by atoms with E-state index in [1.807, 2.05) is 37.3 Å². The molecule has 0 radical (unpaired) electrons. The van der Waals surface area contributed by atoms with E-state index in [2.05, 4.69) is 15.3 Å². The van der Waals surface area contributed by atoms with Gasteiger partial charge in [-0.05, 0) is 54.2 Å². The second-order valence-corrected chi connectivity index (χ2v) is 6.68. The second-order valence-electron chi connectivity index (χ2n) is 5.45. The summed E-state index contributed by atoms with van der Waals surface area (Å²) in [6.07, 6.45) is 2.47. The minimum atomic E-state index is 0.369. The van der Waals surface area contributed by atoms with E-state index in [0.717, 1.165) is 29.1 Å². The van der Waals surface area contributed by atoms with Crippen LogP contribution in [0.1, 0.15) is 23.9 Å². The van der Waals surface area contributed by atoms with E-state index in [0.29, 0.717) is 21.4 Å². The van der Waals surface area contributed by atoms with Crippen molar-refractivity contribution in [3.05, 3.63) is 74.2 Å². The SMILES string of the molecule is CCc1n[nH]c(=S)n1N=Cc1ccc(OCc2ccc(Cl)cc2Cl)cc1. The molecule has 0 aliphatic rings. The maximum Gasteiger partial charge on any atom is 0.216 e. The fraction of sp³-hybridized carbons (Fsp3) is 0.167. The largest absolute Gasteiger partial charge is 0.489 e. The summed E-state index contributed by atoms with van der Waals surface area (Å²) in [4.78, 5) is 0. The normalized spacial score (nSPS) is 11.2. The molecule has 0 bridgehead atoms. The molecule has 0 amide bonds. The van der Waals surface area contributed by atoms with Gasteiger partial charge in [-0.1, -0.05) is 36.2 Å². The smallest absolute Gasteiger partial charge is 0.216 e. The molecule has 3 rings (SSSR count). The van der Waals surface area contributed by atoms with Gasteiger partial charge in [0.15, 0.2) is 5.82 Å². The van der Waals surface area contributed by atoms with Gasteiger partial charge in [0.2, 0.25) is 4.77 Å². The number of H-pyrrole nitrogens is 1. The number of ether oxygens (including phenoxy) is 1. The third-order valence-corrected chi connectivity index (χ3v) is 4.50. The van der Waals surface area contributed by atoms with E-state index in [1.54, 1.807) is 23.0 Å². The van der Waals surface area contributed by atoms with Crippen molar-refractivity contribution in [3.8, 4) is 5.75 Å². The zero-order valence-corrected chi connectivity index (χ0v) is 16.3. The quantitative estimate of drug-likeness (QED) is 0.447. The minimum absolute atomic E-state index is 0.369. The number of halogens is 2. The molecule has 3 aromatic rings. The molecule has 0 saturated heterocycles. The standard InChI is InChI=1S/C18H16Cl2N4OS/c1-2-17-22-23-18(26)24(17)21-10-12-3-7-15(8-4-12)25-11-13-5-6-14(19)9-16(13)20/h3-10H,2,11H2,1H3,(H,23,26). The van der Waals surface area contributed by atoms with Crippen molar-refractivity contribution < 1.29 is 4.74 Å². The molecule has 1 N–H and O–H groups in total. The van der Waals surface area contributed by atoms with Crippen molar-refractivity contribution in [1.29, 1.82) is 0 Å². The fourth-order valence-electron chi connectivity index (χ4n) is 2.25. The van der Waals surface area contributed by atoms with Crippen LogP contribution in [0, 0.1) is 4.77 Å². The minimum Gasteiger partial charge on any atom is -0.489 e. The van der Waals surface area contributed by atoms with Gasteiger partial charge in [0.05, 0.1) is 6.21 Å². The molecule has 0 atom stereocenters. The predicted octanol–water partition coefficient (Wildman–Crippen LogP) is 5.27. The predicted molar refractivity (Wildman–Crippen MR) is 107 cm³/mol. The van der Waals surface area contributed by atoms with Gasteiger partial charge < -0.3 is 4.74 Å². The maximum atomic E-state index is 6.15. The highest BCUT2D eigenvalue weighted by atomic mass is 35.5. The van der Waals surface area contributed by atoms with Crippen LogP contribution in [-0.2, 0) is 13.0 Å². The van der Waals surface area contributed by atoms with E-state index in [4.69, 9.17) is 40.2 Å². The topological polar surface area (TPSA) is 55.2 Å². The highest BCUT2D eigenvalue weighted by molar-refractivity contribution is 7.71. The van der Waals surface area contributed by atoms with Crippen LogP contribution in [0.25, 0.3) is 0 Å². The third-order valence-electron chi connectivity index (χ3n) is 3.65. The summed E-state index contributed by atoms with van der Waals surface area (Å²) in [7, 11) is 0. The first-order valence-electron chi connectivity index (χ1n) is 7.94. The Morgan fingerprint density at radius 2 is 2.00 bits per heavy atom. The first-order chi connectivity index (χ1) is 12.6. The molecule has 5 nitrogen and oxygen atoms in total. The Bertz CT molecular complexity index is 980. The second kappa shape index (κ2) is 8.49. The van der Waals surface area contributed by atoms with Crippen molar-refractivity contribution in [3.63, 3.8) is 0 Å². The van der Waals surface area contributed by atoms with Crippen LogP contribution in [0.2, 0.25) is 10.0 Å². The van der Waals surface area contributed by atoms with Gasteiger partial charge in [-0.2, -0.15) is 14.9 Å². The first kappa shape index (κ1) is 18.6. The van der Waals surface area contributed by atoms with E-state index in [9.17, 15) is 0 Å². The highest BCUT2D eigenvalue weighted by Gasteiger charge is 2.03. The fourth-order valence-corrected chi connectivity index (χ4v) is 2.91. The van der Waals surface area contributed by atoms with Crippen LogP contribution in [-0.4, -0.2) is 21.1 Å². The molecule has 26 heavy (non-hydrogen) atoms. The van der Waals surface area contributed by atoms with Crippen LogP contribution in [0.4, 0.5) is 0 Å². The summed E-state index contributed by atoms with van der Waals surface area (Å²) < 4.78 is 7.85. The molecular formula is C18H16Cl2N4OS. The lowest BCUT2D eigenvalue weighted by Crippen LogP contribution is -1.98. The molecule has 1 heterocycles. The van der Waals surface area contributed by atoms with Crippen molar-refractivity contribution in [2.45, 2.75) is 20.0 Å². The summed E-state index contributed by atoms with van der Waals surface area (Å²) >= 11 is 17.2. The number of benzene rings is 2. The van der Waals surface area contributed by atoms with Crippen LogP contribution in [0.15, 0.2) is 47.6 Å². The summed E-state index contributed by atoms with van der Waals surface area (Å²) in [6.45, 7) is 2.36. The van der Waals surface area contributed by atoms with E-state index < -0.39 is 0 Å². The molecular weight excluding hydrogens is 391 g/mol. The number of nitrogens with one attached hydrogen (secondary N) is 1. The Balaban J connectivity index is 1.66. The monoisotopic (exact) mass is 406 g/mol. The van der Waals surface area contributed by atoms with Gasteiger partial charge in [-0.25, -0.2) is 0 Å². The van der Waals surface area contributed by atoms with Crippen LogP contribution in [0.3, 0.4) is 0 Å². The Kier molecular flexibility index (Phi) is 6.08. The Hall–Kier alpha value is -2.15. The van der Waals surface area contributed by atoms with Crippen molar-refractivity contribution in [2.75, 3.05) is 0 Å². The number of rotatable bonds is 6. The van der Waals surface area contributed by atoms with Crippen molar-refractivity contribution in [1.82, 2.24) is 14.9 Å². The number of aromatic nitrogens is 3. The van der Waals surface area contributed by atoms with Gasteiger partial charge in [-0.3, -0.25) is 5.10 Å². The Morgan fingerprint density at radius 1 is 1.23 bits per heavy atom. The molecule has 0 unspecified atom stereocenters. The molecule has 0 aliphatic heterocycles. The summed E-state index contributed by atoms with van der Waals surface area (Å²) in [5, 5.41) is 12.4. The number of aromatic amines is 1. The van der Waals surface area contributed by atoms with Gasteiger partial charge in [0.1, 0.15) is 12.4 Å². The van der Waals surface area contributed by atoms with Gasteiger partial charge in [-0.15, -0.1) is 0 Å².